The molecule has 0 aliphatic heterocycles. The van der Waals surface area contributed by atoms with Gasteiger partial charge in [-0.15, -0.1) is 0 Å². The van der Waals surface area contributed by atoms with Crippen LogP contribution in [0, 0.1) is 17.7 Å². The van der Waals surface area contributed by atoms with Gasteiger partial charge in [0, 0.05) is 23.4 Å². The highest BCUT2D eigenvalue weighted by molar-refractivity contribution is 5.97. The Kier molecular flexibility index (Phi) is 5.49. The first-order chi connectivity index (χ1) is 13.0. The van der Waals surface area contributed by atoms with E-state index in [0.29, 0.717) is 29.7 Å². The summed E-state index contributed by atoms with van der Waals surface area (Å²) in [7, 11) is 0. The van der Waals surface area contributed by atoms with Crippen LogP contribution in [-0.2, 0) is 16.1 Å². The predicted octanol–water partition coefficient (Wildman–Crippen LogP) is 2.81. The van der Waals surface area contributed by atoms with Gasteiger partial charge in [0.25, 0.3) is 5.91 Å². The number of carbonyl (C=O) groups excluding carboxylic acids is 2. The number of benzene rings is 2. The molecular formula is C20H19FN2O4. The normalized spacial score (nSPS) is 18.3. The van der Waals surface area contributed by atoms with Gasteiger partial charge in [-0.3, -0.25) is 14.4 Å². The number of rotatable bonds is 6. The Hall–Kier alpha value is -3.22. The standard InChI is InChI=1S/C20H19FN2O4/c21-17-4-2-1-3-13(17)11-22-18(24)12-5-7-14(8-6-12)23-19(25)15-9-10-16(15)20(26)27/h1-8,15-16H,9-11H2,(H,22,24)(H,23,25)(H,26,27). The molecule has 0 bridgehead atoms. The van der Waals surface area contributed by atoms with Crippen LogP contribution in [0.15, 0.2) is 48.5 Å². The molecular weight excluding hydrogens is 351 g/mol. The number of anilines is 1. The van der Waals surface area contributed by atoms with Crippen molar-refractivity contribution in [1.29, 1.82) is 0 Å². The molecule has 6 nitrogen and oxygen atoms in total. The topological polar surface area (TPSA) is 95.5 Å². The quantitative estimate of drug-likeness (QED) is 0.729. The van der Waals surface area contributed by atoms with Gasteiger partial charge in [-0.1, -0.05) is 18.2 Å². The fourth-order valence-electron chi connectivity index (χ4n) is 2.97. The lowest BCUT2D eigenvalue weighted by Crippen LogP contribution is -2.41. The smallest absolute Gasteiger partial charge is 0.307 e. The lowest BCUT2D eigenvalue weighted by Gasteiger charge is -2.31. The van der Waals surface area contributed by atoms with E-state index in [2.05, 4.69) is 10.6 Å². The summed E-state index contributed by atoms with van der Waals surface area (Å²) in [6, 6.07) is 12.4. The van der Waals surface area contributed by atoms with Crippen molar-refractivity contribution in [3.8, 4) is 0 Å². The molecule has 140 valence electrons. The molecule has 3 rings (SSSR count). The van der Waals surface area contributed by atoms with Crippen molar-refractivity contribution in [2.75, 3.05) is 5.32 Å². The molecule has 2 aromatic rings. The third kappa shape index (κ3) is 4.31. The molecule has 1 aliphatic rings. The molecule has 0 radical (unpaired) electrons. The SMILES string of the molecule is O=C(NCc1ccccc1F)c1ccc(NC(=O)C2CCC2C(=O)O)cc1. The molecule has 0 heterocycles. The minimum Gasteiger partial charge on any atom is -0.481 e. The van der Waals surface area contributed by atoms with Crippen LogP contribution in [0.3, 0.4) is 0 Å². The second-order valence-corrected chi connectivity index (χ2v) is 6.47. The Labute approximate surface area is 155 Å². The molecule has 2 amide bonds. The summed E-state index contributed by atoms with van der Waals surface area (Å²) < 4.78 is 13.6. The lowest BCUT2D eigenvalue weighted by atomic mass is 9.73. The molecule has 1 saturated carbocycles. The molecule has 3 N–H and O–H groups in total. The second-order valence-electron chi connectivity index (χ2n) is 6.47. The zero-order chi connectivity index (χ0) is 19.4. The summed E-state index contributed by atoms with van der Waals surface area (Å²) in [6.07, 6.45) is 1.06. The molecule has 2 aromatic carbocycles. The molecule has 7 heteroatoms. The minimum absolute atomic E-state index is 0.0717. The number of carboxylic acid groups (broad SMARTS) is 1. The van der Waals surface area contributed by atoms with E-state index >= 15 is 0 Å². The average Bonchev–Trinajstić information content (AvgIpc) is 2.60. The zero-order valence-electron chi connectivity index (χ0n) is 14.4. The van der Waals surface area contributed by atoms with Gasteiger partial charge in [-0.25, -0.2) is 4.39 Å². The number of amides is 2. The first-order valence-electron chi connectivity index (χ1n) is 8.61. The Morgan fingerprint density at radius 3 is 2.26 bits per heavy atom. The van der Waals surface area contributed by atoms with Crippen molar-refractivity contribution in [2.24, 2.45) is 11.8 Å². The molecule has 1 aliphatic carbocycles. The second kappa shape index (κ2) is 7.99. The third-order valence-corrected chi connectivity index (χ3v) is 4.74. The fourth-order valence-corrected chi connectivity index (χ4v) is 2.97. The number of carboxylic acids is 1. The maximum absolute atomic E-state index is 13.6. The van der Waals surface area contributed by atoms with E-state index in [1.807, 2.05) is 0 Å². The van der Waals surface area contributed by atoms with Gasteiger partial charge in [0.2, 0.25) is 5.91 Å². The van der Waals surface area contributed by atoms with Crippen LogP contribution in [-0.4, -0.2) is 22.9 Å². The van der Waals surface area contributed by atoms with Crippen LogP contribution in [0.4, 0.5) is 10.1 Å². The van der Waals surface area contributed by atoms with Crippen LogP contribution in [0.2, 0.25) is 0 Å². The van der Waals surface area contributed by atoms with E-state index in [1.54, 1.807) is 42.5 Å². The van der Waals surface area contributed by atoms with Crippen molar-refractivity contribution >= 4 is 23.5 Å². The van der Waals surface area contributed by atoms with Gasteiger partial charge in [0.05, 0.1) is 11.8 Å². The molecule has 0 aromatic heterocycles. The first kappa shape index (κ1) is 18.6. The number of carbonyl (C=O) groups is 3. The molecule has 2 unspecified atom stereocenters. The van der Waals surface area contributed by atoms with Gasteiger partial charge in [-0.2, -0.15) is 0 Å². The summed E-state index contributed by atoms with van der Waals surface area (Å²) in [6.45, 7) is 0.0717. The number of aliphatic carboxylic acids is 1. The summed E-state index contributed by atoms with van der Waals surface area (Å²) in [5, 5.41) is 14.3. The third-order valence-electron chi connectivity index (χ3n) is 4.74. The maximum Gasteiger partial charge on any atom is 0.307 e. The van der Waals surface area contributed by atoms with E-state index < -0.39 is 17.8 Å². The van der Waals surface area contributed by atoms with E-state index in [4.69, 9.17) is 5.11 Å². The predicted molar refractivity (Wildman–Crippen MR) is 96.5 cm³/mol. The van der Waals surface area contributed by atoms with Gasteiger partial charge < -0.3 is 15.7 Å². The number of nitrogens with one attached hydrogen (secondary N) is 2. The lowest BCUT2D eigenvalue weighted by molar-refractivity contribution is -0.151. The highest BCUT2D eigenvalue weighted by Crippen LogP contribution is 2.35. The van der Waals surface area contributed by atoms with Crippen LogP contribution < -0.4 is 10.6 Å². The number of hydrogen-bond donors (Lipinski definition) is 3. The largest absolute Gasteiger partial charge is 0.481 e. The van der Waals surface area contributed by atoms with E-state index in [0.717, 1.165) is 0 Å². The van der Waals surface area contributed by atoms with Crippen LogP contribution in [0.5, 0.6) is 0 Å². The monoisotopic (exact) mass is 370 g/mol. The van der Waals surface area contributed by atoms with Crippen LogP contribution >= 0.6 is 0 Å². The zero-order valence-corrected chi connectivity index (χ0v) is 14.4. The van der Waals surface area contributed by atoms with Gasteiger partial charge in [0.15, 0.2) is 0 Å². The Balaban J connectivity index is 1.55. The van der Waals surface area contributed by atoms with Crippen molar-refractivity contribution in [1.82, 2.24) is 5.32 Å². The average molecular weight is 370 g/mol. The van der Waals surface area contributed by atoms with E-state index in [9.17, 15) is 18.8 Å². The van der Waals surface area contributed by atoms with Gasteiger partial charge >= 0.3 is 5.97 Å². The number of hydrogen-bond acceptors (Lipinski definition) is 3. The minimum atomic E-state index is -0.955. The Morgan fingerprint density at radius 2 is 1.67 bits per heavy atom. The molecule has 0 saturated heterocycles. The van der Waals surface area contributed by atoms with E-state index in [-0.39, 0.29) is 24.2 Å². The van der Waals surface area contributed by atoms with Crippen molar-refractivity contribution in [3.05, 3.63) is 65.5 Å². The number of halogens is 1. The summed E-state index contributed by atoms with van der Waals surface area (Å²) in [4.78, 5) is 35.3. The fraction of sp³-hybridized carbons (Fsp3) is 0.250. The highest BCUT2D eigenvalue weighted by atomic mass is 19.1. The summed E-state index contributed by atoms with van der Waals surface area (Å²) in [5.41, 5.74) is 1.25. The highest BCUT2D eigenvalue weighted by Gasteiger charge is 2.41. The van der Waals surface area contributed by atoms with Crippen molar-refractivity contribution in [2.45, 2.75) is 19.4 Å². The van der Waals surface area contributed by atoms with Crippen molar-refractivity contribution < 1.29 is 23.9 Å². The summed E-state index contributed by atoms with van der Waals surface area (Å²) in [5.74, 6) is -3.18. The van der Waals surface area contributed by atoms with E-state index in [1.165, 1.54) is 6.07 Å². The molecule has 27 heavy (non-hydrogen) atoms. The van der Waals surface area contributed by atoms with Crippen LogP contribution in [0.25, 0.3) is 0 Å². The molecule has 2 atom stereocenters. The summed E-state index contributed by atoms with van der Waals surface area (Å²) >= 11 is 0. The maximum atomic E-state index is 13.6. The van der Waals surface area contributed by atoms with Crippen LogP contribution in [0.1, 0.15) is 28.8 Å². The van der Waals surface area contributed by atoms with Gasteiger partial charge in [-0.05, 0) is 43.2 Å². The first-order valence-corrected chi connectivity index (χ1v) is 8.61. The Bertz CT molecular complexity index is 867. The molecule has 0 spiro atoms. The molecule has 1 fully saturated rings. The van der Waals surface area contributed by atoms with Gasteiger partial charge in [0.1, 0.15) is 5.82 Å². The van der Waals surface area contributed by atoms with Crippen molar-refractivity contribution in [3.63, 3.8) is 0 Å². The Morgan fingerprint density at radius 1 is 1.00 bits per heavy atom.